The zero-order valence-corrected chi connectivity index (χ0v) is 17.5. The van der Waals surface area contributed by atoms with Gasteiger partial charge < -0.3 is 14.6 Å². The number of halogens is 1. The fraction of sp³-hybridized carbons (Fsp3) is 0.400. The first-order chi connectivity index (χ1) is 13.4. The van der Waals surface area contributed by atoms with E-state index in [0.717, 1.165) is 57.6 Å². The first kappa shape index (κ1) is 19.2. The van der Waals surface area contributed by atoms with Gasteiger partial charge in [0.1, 0.15) is 11.8 Å². The van der Waals surface area contributed by atoms with Crippen LogP contribution in [0.25, 0.3) is 10.9 Å². The van der Waals surface area contributed by atoms with Crippen LogP contribution in [0.15, 0.2) is 33.4 Å². The van der Waals surface area contributed by atoms with Crippen molar-refractivity contribution in [2.45, 2.75) is 26.4 Å². The third-order valence-corrected chi connectivity index (χ3v) is 6.03. The van der Waals surface area contributed by atoms with Gasteiger partial charge in [0.25, 0.3) is 0 Å². The van der Waals surface area contributed by atoms with E-state index in [9.17, 15) is 9.90 Å². The number of carbonyl (C=O) groups is 1. The molecule has 3 aromatic rings. The summed E-state index contributed by atoms with van der Waals surface area (Å²) in [5.74, 6) is 0.0350. The molecular formula is C20H23BrN4O3. The molecule has 0 aliphatic carbocycles. The van der Waals surface area contributed by atoms with E-state index in [1.807, 2.05) is 38.2 Å². The number of rotatable bonds is 5. The molecule has 1 aliphatic rings. The van der Waals surface area contributed by atoms with Crippen LogP contribution in [0, 0.1) is 13.8 Å². The molecule has 7 nitrogen and oxygen atoms in total. The van der Waals surface area contributed by atoms with E-state index in [-0.39, 0.29) is 0 Å². The van der Waals surface area contributed by atoms with Crippen molar-refractivity contribution < 1.29 is 14.4 Å². The molecule has 1 fully saturated rings. The molecule has 0 bridgehead atoms. The van der Waals surface area contributed by atoms with Gasteiger partial charge in [0.05, 0.1) is 5.69 Å². The van der Waals surface area contributed by atoms with Crippen LogP contribution >= 0.6 is 15.9 Å². The number of fused-ring (bicyclic) bond motifs is 1. The predicted molar refractivity (Wildman–Crippen MR) is 109 cm³/mol. The molecule has 1 saturated heterocycles. The second-order valence-corrected chi connectivity index (χ2v) is 8.21. The number of benzene rings is 1. The minimum atomic E-state index is -0.819. The molecule has 28 heavy (non-hydrogen) atoms. The Bertz CT molecular complexity index is 985. The van der Waals surface area contributed by atoms with Gasteiger partial charge in [0.15, 0.2) is 0 Å². The molecule has 1 aliphatic heterocycles. The number of carboxylic acid groups (broad SMARTS) is 1. The highest BCUT2D eigenvalue weighted by molar-refractivity contribution is 9.10. The maximum Gasteiger partial charge on any atom is 0.325 e. The van der Waals surface area contributed by atoms with E-state index in [1.165, 1.54) is 0 Å². The van der Waals surface area contributed by atoms with Gasteiger partial charge in [-0.2, -0.15) is 0 Å². The second kappa shape index (κ2) is 7.69. The number of hydrogen-bond acceptors (Lipinski definition) is 5. The summed E-state index contributed by atoms with van der Waals surface area (Å²) >= 11 is 3.49. The fourth-order valence-electron chi connectivity index (χ4n) is 3.96. The molecule has 0 saturated carbocycles. The molecule has 0 spiro atoms. The standard InChI is InChI=1S/C20H23BrN4O3/c1-12-17(13(2)28-23-12)11-24-5-7-25(8-6-24)19(20(26)27)16-10-22-18-4-3-14(21)9-15(16)18/h3-4,9-10,19,22H,5-8,11H2,1-2H3,(H,26,27)/t19-/m1/s1. The van der Waals surface area contributed by atoms with Crippen molar-refractivity contribution in [3.05, 3.63) is 51.4 Å². The van der Waals surface area contributed by atoms with Gasteiger partial charge in [-0.1, -0.05) is 21.1 Å². The Hall–Kier alpha value is -2.16. The molecule has 3 heterocycles. The van der Waals surface area contributed by atoms with E-state index in [1.54, 1.807) is 0 Å². The molecule has 0 radical (unpaired) electrons. The van der Waals surface area contributed by atoms with E-state index < -0.39 is 12.0 Å². The summed E-state index contributed by atoms with van der Waals surface area (Å²) in [6.07, 6.45) is 1.83. The number of nitrogens with one attached hydrogen (secondary N) is 1. The average Bonchev–Trinajstić information content (AvgIpc) is 3.21. The number of aromatic amines is 1. The largest absolute Gasteiger partial charge is 0.480 e. The fourth-order valence-corrected chi connectivity index (χ4v) is 4.32. The van der Waals surface area contributed by atoms with Crippen LogP contribution in [0.2, 0.25) is 0 Å². The zero-order valence-electron chi connectivity index (χ0n) is 15.9. The molecule has 2 N–H and O–H groups in total. The monoisotopic (exact) mass is 446 g/mol. The second-order valence-electron chi connectivity index (χ2n) is 7.29. The maximum absolute atomic E-state index is 12.2. The predicted octanol–water partition coefficient (Wildman–Crippen LogP) is 3.48. The van der Waals surface area contributed by atoms with E-state index in [4.69, 9.17) is 4.52 Å². The van der Waals surface area contributed by atoms with Crippen LogP contribution in [-0.2, 0) is 11.3 Å². The quantitative estimate of drug-likeness (QED) is 0.623. The van der Waals surface area contributed by atoms with Gasteiger partial charge in [-0.25, -0.2) is 0 Å². The molecular weight excluding hydrogens is 424 g/mol. The van der Waals surface area contributed by atoms with Crippen LogP contribution in [0.1, 0.15) is 28.6 Å². The van der Waals surface area contributed by atoms with Gasteiger partial charge >= 0.3 is 5.97 Å². The molecule has 0 amide bonds. The number of aryl methyl sites for hydroxylation is 2. The minimum Gasteiger partial charge on any atom is -0.480 e. The van der Waals surface area contributed by atoms with Crippen molar-refractivity contribution in [2.24, 2.45) is 0 Å². The SMILES string of the molecule is Cc1noc(C)c1CN1CCN([C@@H](C(=O)O)c2c[nH]c3ccc(Br)cc23)CC1. The van der Waals surface area contributed by atoms with Gasteiger partial charge in [-0.15, -0.1) is 0 Å². The number of hydrogen-bond donors (Lipinski definition) is 2. The average molecular weight is 447 g/mol. The Morgan fingerprint density at radius 3 is 2.71 bits per heavy atom. The molecule has 1 atom stereocenters. The van der Waals surface area contributed by atoms with E-state index in [0.29, 0.717) is 13.1 Å². The molecule has 1 aromatic carbocycles. The molecule has 2 aromatic heterocycles. The summed E-state index contributed by atoms with van der Waals surface area (Å²) in [5.41, 5.74) is 3.81. The van der Waals surface area contributed by atoms with E-state index in [2.05, 4.69) is 35.9 Å². The lowest BCUT2D eigenvalue weighted by Gasteiger charge is -2.37. The topological polar surface area (TPSA) is 85.6 Å². The van der Waals surface area contributed by atoms with Crippen molar-refractivity contribution in [3.8, 4) is 0 Å². The highest BCUT2D eigenvalue weighted by Crippen LogP contribution is 2.31. The number of aliphatic carboxylic acids is 1. The van der Waals surface area contributed by atoms with E-state index >= 15 is 0 Å². The van der Waals surface area contributed by atoms with Crippen molar-refractivity contribution in [2.75, 3.05) is 26.2 Å². The Labute approximate surface area is 171 Å². The van der Waals surface area contributed by atoms with Crippen molar-refractivity contribution in [1.82, 2.24) is 19.9 Å². The van der Waals surface area contributed by atoms with Crippen LogP contribution in [0.5, 0.6) is 0 Å². The molecule has 8 heteroatoms. The summed E-state index contributed by atoms with van der Waals surface area (Å²) in [4.78, 5) is 19.7. The number of nitrogens with zero attached hydrogens (tertiary/aromatic N) is 3. The molecule has 4 rings (SSSR count). The van der Waals surface area contributed by atoms with Crippen LogP contribution < -0.4 is 0 Å². The van der Waals surface area contributed by atoms with Gasteiger partial charge in [0, 0.05) is 65.4 Å². The van der Waals surface area contributed by atoms with Crippen molar-refractivity contribution in [1.29, 1.82) is 0 Å². The number of carboxylic acids is 1. The van der Waals surface area contributed by atoms with Crippen LogP contribution in [-0.4, -0.2) is 57.2 Å². The van der Waals surface area contributed by atoms with Crippen LogP contribution in [0.3, 0.4) is 0 Å². The lowest BCUT2D eigenvalue weighted by atomic mass is 10.0. The first-order valence-corrected chi connectivity index (χ1v) is 10.1. The lowest BCUT2D eigenvalue weighted by molar-refractivity contribution is -0.144. The minimum absolute atomic E-state index is 0.663. The third-order valence-electron chi connectivity index (χ3n) is 5.54. The zero-order chi connectivity index (χ0) is 19.8. The summed E-state index contributed by atoms with van der Waals surface area (Å²) in [7, 11) is 0. The van der Waals surface area contributed by atoms with Crippen molar-refractivity contribution in [3.63, 3.8) is 0 Å². The summed E-state index contributed by atoms with van der Waals surface area (Å²) < 4.78 is 6.19. The van der Waals surface area contributed by atoms with Gasteiger partial charge in [-0.05, 0) is 32.0 Å². The Morgan fingerprint density at radius 1 is 1.32 bits per heavy atom. The highest BCUT2D eigenvalue weighted by atomic mass is 79.9. The normalized spacial score (nSPS) is 17.2. The third kappa shape index (κ3) is 3.59. The Kier molecular flexibility index (Phi) is 5.27. The summed E-state index contributed by atoms with van der Waals surface area (Å²) in [6, 6.07) is 5.23. The molecule has 0 unspecified atom stereocenters. The lowest BCUT2D eigenvalue weighted by Crippen LogP contribution is -2.48. The summed E-state index contributed by atoms with van der Waals surface area (Å²) in [6.45, 7) is 7.67. The van der Waals surface area contributed by atoms with Crippen LogP contribution in [0.4, 0.5) is 0 Å². The number of aromatic nitrogens is 2. The number of piperazine rings is 1. The smallest absolute Gasteiger partial charge is 0.325 e. The highest BCUT2D eigenvalue weighted by Gasteiger charge is 2.32. The first-order valence-electron chi connectivity index (χ1n) is 9.31. The maximum atomic E-state index is 12.2. The number of H-pyrrole nitrogens is 1. The van der Waals surface area contributed by atoms with Gasteiger partial charge in [-0.3, -0.25) is 14.6 Å². The van der Waals surface area contributed by atoms with Gasteiger partial charge in [0.2, 0.25) is 0 Å². The summed E-state index contributed by atoms with van der Waals surface area (Å²) in [5, 5.41) is 14.9. The molecule has 148 valence electrons. The van der Waals surface area contributed by atoms with Crippen molar-refractivity contribution >= 4 is 32.8 Å². The Balaban J connectivity index is 1.51. The Morgan fingerprint density at radius 2 is 2.07 bits per heavy atom.